The first kappa shape index (κ1) is 18.7. The van der Waals surface area contributed by atoms with Gasteiger partial charge in [-0.05, 0) is 43.1 Å². The van der Waals surface area contributed by atoms with Crippen molar-refractivity contribution in [1.29, 1.82) is 0 Å². The Kier molecular flexibility index (Phi) is 5.84. The van der Waals surface area contributed by atoms with E-state index >= 15 is 0 Å². The zero-order chi connectivity index (χ0) is 18.6. The molecule has 0 radical (unpaired) electrons. The molecule has 1 heterocycles. The number of halogens is 3. The highest BCUT2D eigenvalue weighted by atomic mass is 19.4. The topological polar surface area (TPSA) is 33.3 Å². The first-order valence-electron chi connectivity index (χ1n) is 8.75. The molecule has 2 unspecified atom stereocenters. The van der Waals surface area contributed by atoms with Crippen molar-refractivity contribution in [2.45, 2.75) is 37.6 Å². The molecule has 0 amide bonds. The summed E-state index contributed by atoms with van der Waals surface area (Å²) in [5.41, 5.74) is 1.32. The van der Waals surface area contributed by atoms with Gasteiger partial charge in [0.1, 0.15) is 5.75 Å². The maximum Gasteiger partial charge on any atom is 0.416 e. The predicted octanol–water partition coefficient (Wildman–Crippen LogP) is 4.30. The maximum atomic E-state index is 12.8. The second-order valence-corrected chi connectivity index (χ2v) is 6.49. The Bertz CT molecular complexity index is 716. The Balaban J connectivity index is 1.71. The lowest BCUT2D eigenvalue weighted by Crippen LogP contribution is -2.45. The zero-order valence-electron chi connectivity index (χ0n) is 14.6. The van der Waals surface area contributed by atoms with Gasteiger partial charge in [0.25, 0.3) is 0 Å². The number of hydrogen-bond donors (Lipinski definition) is 2. The van der Waals surface area contributed by atoms with E-state index in [1.165, 1.54) is 0 Å². The summed E-state index contributed by atoms with van der Waals surface area (Å²) in [7, 11) is 1.64. The number of para-hydroxylation sites is 1. The van der Waals surface area contributed by atoms with Gasteiger partial charge in [0.2, 0.25) is 0 Å². The van der Waals surface area contributed by atoms with Crippen LogP contribution in [0.2, 0.25) is 0 Å². The van der Waals surface area contributed by atoms with Crippen LogP contribution in [0.4, 0.5) is 13.2 Å². The Morgan fingerprint density at radius 1 is 1.12 bits per heavy atom. The fraction of sp³-hybridized carbons (Fsp3) is 0.400. The van der Waals surface area contributed by atoms with Crippen LogP contribution >= 0.6 is 0 Å². The third-order valence-electron chi connectivity index (χ3n) is 4.80. The fourth-order valence-electron chi connectivity index (χ4n) is 3.43. The number of hydrogen-bond acceptors (Lipinski definition) is 3. The van der Waals surface area contributed by atoms with Gasteiger partial charge >= 0.3 is 6.18 Å². The summed E-state index contributed by atoms with van der Waals surface area (Å²) in [6.45, 7) is 1.51. The minimum absolute atomic E-state index is 0.0132. The SMILES string of the molecule is COc1ccccc1CNC1CCCNC1c1ccc(C(F)(F)F)cc1. The van der Waals surface area contributed by atoms with Crippen molar-refractivity contribution in [2.75, 3.05) is 13.7 Å². The van der Waals surface area contributed by atoms with Crippen LogP contribution in [0.3, 0.4) is 0 Å². The number of ether oxygens (including phenoxy) is 1. The van der Waals surface area contributed by atoms with E-state index in [2.05, 4.69) is 10.6 Å². The molecule has 26 heavy (non-hydrogen) atoms. The van der Waals surface area contributed by atoms with Gasteiger partial charge in [0, 0.05) is 24.2 Å². The highest BCUT2D eigenvalue weighted by molar-refractivity contribution is 5.33. The average Bonchev–Trinajstić information content (AvgIpc) is 2.66. The number of methoxy groups -OCH3 is 1. The lowest BCUT2D eigenvalue weighted by Gasteiger charge is -2.34. The van der Waals surface area contributed by atoms with Gasteiger partial charge in [0.05, 0.1) is 12.7 Å². The molecule has 1 fully saturated rings. The molecule has 0 saturated carbocycles. The van der Waals surface area contributed by atoms with Gasteiger partial charge in [-0.3, -0.25) is 0 Å². The van der Waals surface area contributed by atoms with E-state index in [0.717, 1.165) is 48.4 Å². The Morgan fingerprint density at radius 3 is 2.54 bits per heavy atom. The molecule has 2 N–H and O–H groups in total. The number of benzene rings is 2. The molecule has 2 aromatic rings. The van der Waals surface area contributed by atoms with E-state index in [4.69, 9.17) is 4.74 Å². The molecule has 2 atom stereocenters. The van der Waals surface area contributed by atoms with Gasteiger partial charge in [-0.1, -0.05) is 30.3 Å². The monoisotopic (exact) mass is 364 g/mol. The molecule has 1 saturated heterocycles. The van der Waals surface area contributed by atoms with Crippen molar-refractivity contribution in [3.63, 3.8) is 0 Å². The minimum Gasteiger partial charge on any atom is -0.496 e. The first-order valence-corrected chi connectivity index (χ1v) is 8.75. The minimum atomic E-state index is -4.31. The quantitative estimate of drug-likeness (QED) is 0.830. The standard InChI is InChI=1S/C20H23F3N2O/c1-26-18-7-3-2-5-15(18)13-25-17-6-4-12-24-19(17)14-8-10-16(11-9-14)20(21,22)23/h2-3,5,7-11,17,19,24-25H,4,6,12-13H2,1H3. The van der Waals surface area contributed by atoms with Crippen LogP contribution < -0.4 is 15.4 Å². The summed E-state index contributed by atoms with van der Waals surface area (Å²) in [6.07, 6.45) is -2.31. The lowest BCUT2D eigenvalue weighted by atomic mass is 9.91. The van der Waals surface area contributed by atoms with E-state index in [9.17, 15) is 13.2 Å². The van der Waals surface area contributed by atoms with E-state index in [-0.39, 0.29) is 12.1 Å². The van der Waals surface area contributed by atoms with Crippen molar-refractivity contribution >= 4 is 0 Å². The van der Waals surface area contributed by atoms with E-state index in [1.54, 1.807) is 19.2 Å². The Hall–Kier alpha value is -2.05. The average molecular weight is 364 g/mol. The molecular formula is C20H23F3N2O. The lowest BCUT2D eigenvalue weighted by molar-refractivity contribution is -0.137. The number of alkyl halides is 3. The van der Waals surface area contributed by atoms with Gasteiger partial charge in [-0.2, -0.15) is 13.2 Å². The summed E-state index contributed by atoms with van der Waals surface area (Å²) in [5.74, 6) is 0.829. The van der Waals surface area contributed by atoms with Crippen molar-refractivity contribution < 1.29 is 17.9 Å². The van der Waals surface area contributed by atoms with E-state index < -0.39 is 11.7 Å². The van der Waals surface area contributed by atoms with Crippen LogP contribution in [0.15, 0.2) is 48.5 Å². The summed E-state index contributed by atoms with van der Waals surface area (Å²) < 4.78 is 43.7. The molecule has 3 rings (SSSR count). The van der Waals surface area contributed by atoms with Gasteiger partial charge in [-0.15, -0.1) is 0 Å². The summed E-state index contributed by atoms with van der Waals surface area (Å²) in [6, 6.07) is 13.4. The maximum absolute atomic E-state index is 12.8. The molecule has 6 heteroatoms. The third kappa shape index (κ3) is 4.37. The van der Waals surface area contributed by atoms with Gasteiger partial charge in [0.15, 0.2) is 0 Å². The zero-order valence-corrected chi connectivity index (χ0v) is 14.6. The molecular weight excluding hydrogens is 341 g/mol. The number of rotatable bonds is 5. The fourth-order valence-corrected chi connectivity index (χ4v) is 3.43. The van der Waals surface area contributed by atoms with Crippen molar-refractivity contribution in [3.8, 4) is 5.75 Å². The van der Waals surface area contributed by atoms with Gasteiger partial charge in [-0.25, -0.2) is 0 Å². The van der Waals surface area contributed by atoms with E-state index in [1.807, 2.05) is 24.3 Å². The molecule has 0 bridgehead atoms. The first-order chi connectivity index (χ1) is 12.5. The van der Waals surface area contributed by atoms with E-state index in [0.29, 0.717) is 6.54 Å². The van der Waals surface area contributed by atoms with Crippen LogP contribution in [-0.4, -0.2) is 19.7 Å². The van der Waals surface area contributed by atoms with Crippen LogP contribution in [-0.2, 0) is 12.7 Å². The summed E-state index contributed by atoms with van der Waals surface area (Å²) >= 11 is 0. The summed E-state index contributed by atoms with van der Waals surface area (Å²) in [5, 5.41) is 6.97. The molecule has 0 aromatic heterocycles. The smallest absolute Gasteiger partial charge is 0.416 e. The predicted molar refractivity (Wildman–Crippen MR) is 95.0 cm³/mol. The largest absolute Gasteiger partial charge is 0.496 e. The second kappa shape index (κ2) is 8.10. The molecule has 0 spiro atoms. The summed E-state index contributed by atoms with van der Waals surface area (Å²) in [4.78, 5) is 0. The van der Waals surface area contributed by atoms with Crippen molar-refractivity contribution in [1.82, 2.24) is 10.6 Å². The molecule has 1 aliphatic heterocycles. The van der Waals surface area contributed by atoms with Crippen LogP contribution in [0, 0.1) is 0 Å². The normalized spacial score (nSPS) is 20.8. The number of piperidine rings is 1. The molecule has 140 valence electrons. The van der Waals surface area contributed by atoms with Crippen molar-refractivity contribution in [3.05, 3.63) is 65.2 Å². The third-order valence-corrected chi connectivity index (χ3v) is 4.80. The van der Waals surface area contributed by atoms with Crippen molar-refractivity contribution in [2.24, 2.45) is 0 Å². The molecule has 1 aliphatic rings. The van der Waals surface area contributed by atoms with Crippen LogP contribution in [0.25, 0.3) is 0 Å². The van der Waals surface area contributed by atoms with Crippen LogP contribution in [0.1, 0.15) is 35.6 Å². The van der Waals surface area contributed by atoms with Gasteiger partial charge < -0.3 is 15.4 Å². The molecule has 3 nitrogen and oxygen atoms in total. The van der Waals surface area contributed by atoms with Crippen LogP contribution in [0.5, 0.6) is 5.75 Å². The number of nitrogens with one attached hydrogen (secondary N) is 2. The second-order valence-electron chi connectivity index (χ2n) is 6.49. The molecule has 2 aromatic carbocycles. The Labute approximate surface area is 151 Å². The molecule has 0 aliphatic carbocycles. The highest BCUT2D eigenvalue weighted by Crippen LogP contribution is 2.31. The Morgan fingerprint density at radius 2 is 1.85 bits per heavy atom. The highest BCUT2D eigenvalue weighted by Gasteiger charge is 2.31.